The number of aryl methyl sites for hydroxylation is 1. The Balaban J connectivity index is 1.93. The minimum Gasteiger partial charge on any atom is -0.325 e. The van der Waals surface area contributed by atoms with Gasteiger partial charge in [-0.1, -0.05) is 18.2 Å². The summed E-state index contributed by atoms with van der Waals surface area (Å²) in [5.74, 6) is 0.237. The number of quaternary nitrogens is 1. The van der Waals surface area contributed by atoms with Gasteiger partial charge in [-0.05, 0) is 51.7 Å². The first-order chi connectivity index (χ1) is 10.1. The first kappa shape index (κ1) is 14.3. The molecule has 1 aromatic carbocycles. The number of rotatable bonds is 2. The number of nitrogens with one attached hydrogen (secondary N) is 1. The third kappa shape index (κ3) is 2.51. The molecule has 0 radical (unpaired) electrons. The first-order valence-corrected chi connectivity index (χ1v) is 8.04. The maximum atomic E-state index is 12.8. The van der Waals surface area contributed by atoms with Crippen LogP contribution in [0.15, 0.2) is 24.3 Å². The van der Waals surface area contributed by atoms with Crippen LogP contribution >= 0.6 is 0 Å². The second kappa shape index (κ2) is 5.64. The Morgan fingerprint density at radius 1 is 1.29 bits per heavy atom. The second-order valence-corrected chi connectivity index (χ2v) is 6.44. The normalized spacial score (nSPS) is 22.6. The third-order valence-corrected chi connectivity index (χ3v) is 5.14. The van der Waals surface area contributed by atoms with E-state index >= 15 is 0 Å². The van der Waals surface area contributed by atoms with E-state index in [1.807, 2.05) is 16.7 Å². The zero-order chi connectivity index (χ0) is 15.0. The Bertz CT molecular complexity index is 671. The van der Waals surface area contributed by atoms with Gasteiger partial charge in [-0.3, -0.25) is 9.36 Å². The van der Waals surface area contributed by atoms with Crippen molar-refractivity contribution in [2.45, 2.75) is 46.1 Å². The van der Waals surface area contributed by atoms with Gasteiger partial charge in [0.05, 0.1) is 18.1 Å². The summed E-state index contributed by atoms with van der Waals surface area (Å²) >= 11 is 0. The van der Waals surface area contributed by atoms with Gasteiger partial charge in [-0.25, -0.2) is 0 Å². The fraction of sp³-hybridized carbons (Fsp3) is 0.500. The van der Waals surface area contributed by atoms with Crippen LogP contribution in [-0.4, -0.2) is 29.6 Å². The molecule has 1 N–H and O–H groups in total. The summed E-state index contributed by atoms with van der Waals surface area (Å²) < 4.78 is 1.93. The number of nitrogens with zero attached hydrogens (tertiary/aromatic N) is 1. The van der Waals surface area contributed by atoms with Crippen molar-refractivity contribution >= 4 is 16.8 Å². The number of hydrogen-bond acceptors (Lipinski definition) is 1. The summed E-state index contributed by atoms with van der Waals surface area (Å²) in [6, 6.07) is 8.83. The van der Waals surface area contributed by atoms with Crippen LogP contribution in [0.2, 0.25) is 0 Å². The molecule has 3 heteroatoms. The molecule has 1 aliphatic rings. The van der Waals surface area contributed by atoms with Crippen LogP contribution in [0.25, 0.3) is 10.9 Å². The summed E-state index contributed by atoms with van der Waals surface area (Å²) in [7, 11) is 0. The zero-order valence-corrected chi connectivity index (χ0v) is 13.3. The predicted molar refractivity (Wildman–Crippen MR) is 86.0 cm³/mol. The number of likely N-dealkylation sites (tertiary alicyclic amines) is 1. The summed E-state index contributed by atoms with van der Waals surface area (Å²) in [6.07, 6.45) is 3.80. The highest BCUT2D eigenvalue weighted by Crippen LogP contribution is 2.24. The van der Waals surface area contributed by atoms with Crippen LogP contribution in [-0.2, 0) is 0 Å². The van der Waals surface area contributed by atoms with Gasteiger partial charge in [0.1, 0.15) is 0 Å². The van der Waals surface area contributed by atoms with E-state index in [-0.39, 0.29) is 5.91 Å². The van der Waals surface area contributed by atoms with Gasteiger partial charge >= 0.3 is 0 Å². The number of fused-ring (bicyclic) bond motifs is 1. The molecule has 0 spiro atoms. The summed E-state index contributed by atoms with van der Waals surface area (Å²) in [6.45, 7) is 8.18. The Kier molecular flexibility index (Phi) is 3.85. The molecule has 1 aliphatic heterocycles. The Morgan fingerprint density at radius 2 is 2.05 bits per heavy atom. The number of aromatic nitrogens is 1. The molecule has 0 saturated carbocycles. The fourth-order valence-corrected chi connectivity index (χ4v) is 3.64. The standard InChI is InChI=1S/C18H24N2O/c1-13-8-6-7-11-19(13)12-18(21)20-15(3)14(2)16-9-4-5-10-17(16)20/h4-5,9-10,13H,6-8,11-12H2,1-3H3/p+1/t13-/m0/s1. The first-order valence-electron chi connectivity index (χ1n) is 8.04. The molecule has 3 rings (SSSR count). The van der Waals surface area contributed by atoms with Gasteiger partial charge < -0.3 is 4.90 Å². The molecule has 0 aliphatic carbocycles. The molecule has 0 amide bonds. The minimum absolute atomic E-state index is 0.237. The van der Waals surface area contributed by atoms with Gasteiger partial charge in [-0.2, -0.15) is 0 Å². The fourth-order valence-electron chi connectivity index (χ4n) is 3.64. The van der Waals surface area contributed by atoms with E-state index in [2.05, 4.69) is 32.9 Å². The summed E-state index contributed by atoms with van der Waals surface area (Å²) in [4.78, 5) is 14.3. The molecule has 1 saturated heterocycles. The number of carbonyl (C=O) groups excluding carboxylic acids is 1. The lowest BCUT2D eigenvalue weighted by Crippen LogP contribution is -3.17. The number of para-hydroxylation sites is 1. The van der Waals surface area contributed by atoms with Gasteiger partial charge in [0.2, 0.25) is 0 Å². The Morgan fingerprint density at radius 3 is 2.81 bits per heavy atom. The molecule has 112 valence electrons. The molecular formula is C18H25N2O+. The lowest BCUT2D eigenvalue weighted by atomic mass is 10.0. The molecule has 1 fully saturated rings. The van der Waals surface area contributed by atoms with Crippen LogP contribution < -0.4 is 4.90 Å². The summed E-state index contributed by atoms with van der Waals surface area (Å²) in [5, 5.41) is 1.20. The maximum absolute atomic E-state index is 12.8. The average Bonchev–Trinajstić information content (AvgIpc) is 2.74. The highest BCUT2D eigenvalue weighted by molar-refractivity contribution is 5.96. The quantitative estimate of drug-likeness (QED) is 0.901. The van der Waals surface area contributed by atoms with E-state index in [0.29, 0.717) is 12.6 Å². The number of piperidine rings is 1. The van der Waals surface area contributed by atoms with Crippen molar-refractivity contribution < 1.29 is 9.69 Å². The molecule has 1 aromatic heterocycles. The van der Waals surface area contributed by atoms with E-state index in [0.717, 1.165) is 17.8 Å². The van der Waals surface area contributed by atoms with Crippen LogP contribution in [0.5, 0.6) is 0 Å². The largest absolute Gasteiger partial charge is 0.325 e. The number of hydrogen-bond donors (Lipinski definition) is 1. The summed E-state index contributed by atoms with van der Waals surface area (Å²) in [5.41, 5.74) is 3.37. The average molecular weight is 285 g/mol. The van der Waals surface area contributed by atoms with Crippen molar-refractivity contribution in [3.05, 3.63) is 35.5 Å². The Labute approximate surface area is 126 Å². The van der Waals surface area contributed by atoms with Crippen molar-refractivity contribution in [1.29, 1.82) is 0 Å². The molecule has 2 heterocycles. The monoisotopic (exact) mass is 285 g/mol. The predicted octanol–water partition coefficient (Wildman–Crippen LogP) is 2.36. The molecule has 1 unspecified atom stereocenters. The van der Waals surface area contributed by atoms with E-state index in [1.54, 1.807) is 0 Å². The lowest BCUT2D eigenvalue weighted by molar-refractivity contribution is -0.920. The Hall–Kier alpha value is -1.61. The van der Waals surface area contributed by atoms with Crippen molar-refractivity contribution in [1.82, 2.24) is 4.57 Å². The van der Waals surface area contributed by atoms with E-state index in [4.69, 9.17) is 0 Å². The zero-order valence-electron chi connectivity index (χ0n) is 13.3. The molecule has 3 nitrogen and oxygen atoms in total. The lowest BCUT2D eigenvalue weighted by Gasteiger charge is -2.29. The topological polar surface area (TPSA) is 26.4 Å². The van der Waals surface area contributed by atoms with Crippen molar-refractivity contribution in [3.8, 4) is 0 Å². The van der Waals surface area contributed by atoms with Crippen molar-refractivity contribution in [2.24, 2.45) is 0 Å². The molecule has 2 atom stereocenters. The molecule has 2 aromatic rings. The minimum atomic E-state index is 0.237. The van der Waals surface area contributed by atoms with E-state index < -0.39 is 0 Å². The van der Waals surface area contributed by atoms with Gasteiger partial charge in [0.15, 0.2) is 6.54 Å². The number of carbonyl (C=O) groups is 1. The smallest absolute Gasteiger partial charge is 0.286 e. The highest BCUT2D eigenvalue weighted by Gasteiger charge is 2.26. The van der Waals surface area contributed by atoms with E-state index in [9.17, 15) is 4.79 Å². The van der Waals surface area contributed by atoms with Crippen molar-refractivity contribution in [2.75, 3.05) is 13.1 Å². The highest BCUT2D eigenvalue weighted by atomic mass is 16.2. The van der Waals surface area contributed by atoms with Crippen LogP contribution in [0, 0.1) is 13.8 Å². The SMILES string of the molecule is Cc1c(C)n(C(=O)C[NH+]2CCCC[C@@H]2C)c2ccccc12. The third-order valence-electron chi connectivity index (χ3n) is 5.14. The molecule has 21 heavy (non-hydrogen) atoms. The second-order valence-electron chi connectivity index (χ2n) is 6.44. The molecule has 0 bridgehead atoms. The van der Waals surface area contributed by atoms with Crippen LogP contribution in [0.3, 0.4) is 0 Å². The van der Waals surface area contributed by atoms with E-state index in [1.165, 1.54) is 35.1 Å². The van der Waals surface area contributed by atoms with Gasteiger partial charge in [-0.15, -0.1) is 0 Å². The molecular weight excluding hydrogens is 260 g/mol. The van der Waals surface area contributed by atoms with Gasteiger partial charge in [0, 0.05) is 11.1 Å². The van der Waals surface area contributed by atoms with Crippen LogP contribution in [0.1, 0.15) is 42.2 Å². The van der Waals surface area contributed by atoms with Crippen molar-refractivity contribution in [3.63, 3.8) is 0 Å². The maximum Gasteiger partial charge on any atom is 0.286 e. The number of benzene rings is 1. The van der Waals surface area contributed by atoms with Gasteiger partial charge in [0.25, 0.3) is 5.91 Å². The van der Waals surface area contributed by atoms with Crippen LogP contribution in [0.4, 0.5) is 0 Å².